The minimum Gasteiger partial charge on any atom is -0.413 e. The van der Waals surface area contributed by atoms with Crippen LogP contribution in [0.4, 0.5) is 99.0 Å². The Labute approximate surface area is 689 Å². The predicted molar refractivity (Wildman–Crippen MR) is 428 cm³/mol. The molecule has 0 saturated carbocycles. The number of para-hydroxylation sites is 8. The summed E-state index contributed by atoms with van der Waals surface area (Å²) in [5.74, 6) is -4.84. The van der Waals surface area contributed by atoms with Gasteiger partial charge in [-0.2, -0.15) is 13.2 Å². The van der Waals surface area contributed by atoms with Crippen molar-refractivity contribution in [3.63, 3.8) is 0 Å². The van der Waals surface area contributed by atoms with Crippen molar-refractivity contribution in [3.8, 4) is 45.3 Å². The van der Waals surface area contributed by atoms with Crippen molar-refractivity contribution in [3.05, 3.63) is 398 Å². The molecule has 0 N–H and O–H groups in total. The fraction of sp³-hybridized carbons (Fsp3) is 0.0753. The Hall–Kier alpha value is -12.9. The molecular formula is C93H66F7N13Pt2. The van der Waals surface area contributed by atoms with Crippen LogP contribution in [0.5, 0.6) is 0 Å². The van der Waals surface area contributed by atoms with Crippen LogP contribution in [0.1, 0.15) is 56.3 Å². The van der Waals surface area contributed by atoms with Crippen LogP contribution in [0.15, 0.2) is 328 Å². The second kappa shape index (κ2) is 35.0. The molecule has 16 rings (SSSR count). The Bertz CT molecular complexity index is 5800. The molecule has 0 radical (unpaired) electrons. The zero-order chi connectivity index (χ0) is 78.2. The van der Waals surface area contributed by atoms with Gasteiger partial charge in [0.15, 0.2) is 0 Å². The third-order valence-electron chi connectivity index (χ3n) is 18.9. The summed E-state index contributed by atoms with van der Waals surface area (Å²) < 4.78 is 101. The van der Waals surface area contributed by atoms with E-state index in [1.165, 1.54) is 6.33 Å². The van der Waals surface area contributed by atoms with Gasteiger partial charge in [0.25, 0.3) is 0 Å². The Morgan fingerprint density at radius 2 is 0.609 bits per heavy atom. The van der Waals surface area contributed by atoms with Gasteiger partial charge >= 0.3 is 48.3 Å². The number of nitrogens with zero attached hydrogens (tertiary/aromatic N) is 13. The number of rotatable bonds is 20. The number of aromatic nitrogens is 9. The standard InChI is InChI=1S/C47H34F2N6.C46H32F5N7.2Pt/c1-47(2,45-28-39(26-43(52-45)33-30-50-32-51-31-33)54(35-15-7-3-8-16-35)36-17-9-4-10-18-36)46-29-40(27-44(53-46)41-24-23-34(48)25-42(41)49)55(37-19-11-5-12-20-37)38-21-13-6-14-22-38;1-45(2,41-28-35(26-39(52-41)37-24-23-30(47)25-38(37)48)57(31-15-7-3-8-16-31)32-17-9-4-10-18-32)42-29-36(27-40(53-42)43-54-44(56-55-43)46(49,50)51)58(33-19-11-5-12-20-33)34-21-13-6-14-22-34;;/h3-23,25-30,32H,1-2H3;3-23,25-29H,1-2H3;;/q2*-2;2*+2. The summed E-state index contributed by atoms with van der Waals surface area (Å²) in [6.45, 7) is 7.80. The number of alkyl halides is 3. The number of halogens is 7. The average molecular weight is 1890 g/mol. The Morgan fingerprint density at radius 1 is 0.330 bits per heavy atom. The van der Waals surface area contributed by atoms with Crippen LogP contribution in [-0.2, 0) is 59.1 Å². The quantitative estimate of drug-likeness (QED) is 0.0530. The molecule has 0 fully saturated rings. The van der Waals surface area contributed by atoms with Gasteiger partial charge in [-0.1, -0.05) is 199 Å². The van der Waals surface area contributed by atoms with Gasteiger partial charge in [-0.25, -0.2) is 0 Å². The van der Waals surface area contributed by atoms with Crippen molar-refractivity contribution < 1.29 is 72.9 Å². The minimum atomic E-state index is -4.83. The van der Waals surface area contributed by atoms with Crippen molar-refractivity contribution in [2.24, 2.45) is 0 Å². The van der Waals surface area contributed by atoms with Crippen LogP contribution < -0.4 is 24.7 Å². The van der Waals surface area contributed by atoms with Gasteiger partial charge in [-0.15, -0.1) is 24.3 Å². The summed E-state index contributed by atoms with van der Waals surface area (Å²) in [5, 5.41) is 7.14. The van der Waals surface area contributed by atoms with Crippen LogP contribution in [0.3, 0.4) is 0 Å². The molecule has 0 bridgehead atoms. The first-order valence-corrected chi connectivity index (χ1v) is 35.9. The third kappa shape index (κ3) is 17.8. The fourth-order valence-corrected chi connectivity index (χ4v) is 13.2. The predicted octanol–water partition coefficient (Wildman–Crippen LogP) is 23.7. The van der Waals surface area contributed by atoms with Crippen LogP contribution in [-0.4, -0.2) is 40.0 Å². The molecule has 0 aliphatic heterocycles. The van der Waals surface area contributed by atoms with Gasteiger partial charge in [-0.3, -0.25) is 27.6 Å². The molecule has 10 aromatic carbocycles. The van der Waals surface area contributed by atoms with Crippen molar-refractivity contribution in [1.29, 1.82) is 0 Å². The molecule has 22 heteroatoms. The summed E-state index contributed by atoms with van der Waals surface area (Å²) in [6, 6.07) is 102. The Balaban J connectivity index is 0.000000197. The molecule has 0 amide bonds. The summed E-state index contributed by atoms with van der Waals surface area (Å²) in [5.41, 5.74) is 11.2. The van der Waals surface area contributed by atoms with Crippen molar-refractivity contribution >= 4 is 68.2 Å². The monoisotopic (exact) mass is 1890 g/mol. The molecule has 6 aromatic heterocycles. The van der Waals surface area contributed by atoms with Gasteiger partial charge < -0.3 is 54.6 Å². The molecule has 0 aliphatic rings. The van der Waals surface area contributed by atoms with Gasteiger partial charge in [0.05, 0.1) is 17.1 Å². The summed E-state index contributed by atoms with van der Waals surface area (Å²) in [7, 11) is 0. The average Bonchev–Trinajstić information content (AvgIpc) is 1.36. The molecule has 115 heavy (non-hydrogen) atoms. The van der Waals surface area contributed by atoms with E-state index in [0.29, 0.717) is 51.1 Å². The Morgan fingerprint density at radius 3 is 0.878 bits per heavy atom. The van der Waals surface area contributed by atoms with Gasteiger partial charge in [0.1, 0.15) is 5.82 Å². The van der Waals surface area contributed by atoms with Crippen LogP contribution >= 0.6 is 0 Å². The van der Waals surface area contributed by atoms with E-state index < -0.39 is 46.1 Å². The largest absolute Gasteiger partial charge is 2.00 e. The van der Waals surface area contributed by atoms with Gasteiger partial charge in [-0.05, 0) is 184 Å². The first-order valence-electron chi connectivity index (χ1n) is 35.9. The van der Waals surface area contributed by atoms with E-state index in [4.69, 9.17) is 19.9 Å². The molecule has 0 atom stereocenters. The number of anilines is 12. The van der Waals surface area contributed by atoms with E-state index in [9.17, 15) is 22.0 Å². The number of pyridine rings is 4. The van der Waals surface area contributed by atoms with E-state index in [0.717, 1.165) is 81.1 Å². The smallest absolute Gasteiger partial charge is 0.413 e. The van der Waals surface area contributed by atoms with E-state index >= 15 is 8.78 Å². The van der Waals surface area contributed by atoms with E-state index in [2.05, 4.69) is 83.6 Å². The normalized spacial score (nSPS) is 11.3. The Kier molecular flexibility index (Phi) is 24.4. The van der Waals surface area contributed by atoms with Crippen molar-refractivity contribution in [2.45, 2.75) is 44.7 Å². The van der Waals surface area contributed by atoms with E-state index in [-0.39, 0.29) is 70.5 Å². The maximum atomic E-state index is 15.6. The molecule has 0 aliphatic carbocycles. The van der Waals surface area contributed by atoms with Gasteiger partial charge in [0, 0.05) is 120 Å². The number of hydrogen-bond acceptors (Lipinski definition) is 12. The van der Waals surface area contributed by atoms with Crippen LogP contribution in [0.25, 0.3) is 45.3 Å². The van der Waals surface area contributed by atoms with Crippen molar-refractivity contribution in [1.82, 2.24) is 45.1 Å². The third-order valence-corrected chi connectivity index (χ3v) is 18.9. The van der Waals surface area contributed by atoms with Crippen LogP contribution in [0, 0.1) is 41.6 Å². The molecule has 0 unspecified atom stereocenters. The summed E-state index contributed by atoms with van der Waals surface area (Å²) in [6.07, 6.45) is 1.35. The molecular weight excluding hydrogens is 1820 g/mol. The minimum absolute atomic E-state index is 0. The first kappa shape index (κ1) is 80.2. The topological polar surface area (TPSA) is 130 Å². The van der Waals surface area contributed by atoms with Crippen molar-refractivity contribution in [2.75, 3.05) is 19.6 Å². The first-order chi connectivity index (χ1) is 54.8. The molecule has 572 valence electrons. The fourth-order valence-electron chi connectivity index (χ4n) is 13.2. The zero-order valence-electron chi connectivity index (χ0n) is 61.8. The molecule has 0 spiro atoms. The van der Waals surface area contributed by atoms with Crippen LogP contribution in [0.2, 0.25) is 0 Å². The molecule has 0 saturated heterocycles. The molecule has 6 heterocycles. The second-order valence-electron chi connectivity index (χ2n) is 27.2. The SMILES string of the molecule is CC(C)(c1cc(N(c2ccccc2)c2ccccc2)cc(-c2[c-]ncnc2)n1)c1cc(N(c2ccccc2)c2ccccc2)cc(-c2[c-]cc(F)cc2F)n1.CC(C)(c1cc(N(c2ccccc2)c2ccccc2)cc(-c2nc(C(F)(F)F)n[n-]2)n1)c1cc(N(c2ccccc2)c2ccccc2)cc(-c2[c-]cc(F)cc2F)n1.[Pt+2].[Pt+2]. The maximum Gasteiger partial charge on any atom is 2.00 e. The molecule has 13 nitrogen and oxygen atoms in total. The van der Waals surface area contributed by atoms with Gasteiger partial charge in [0.2, 0.25) is 0 Å². The summed E-state index contributed by atoms with van der Waals surface area (Å²) in [4.78, 5) is 40.6. The molecule has 16 aromatic rings. The maximum absolute atomic E-state index is 15.6. The summed E-state index contributed by atoms with van der Waals surface area (Å²) >= 11 is 0. The van der Waals surface area contributed by atoms with E-state index in [1.54, 1.807) is 18.3 Å². The number of hydrogen-bond donors (Lipinski definition) is 0. The van der Waals surface area contributed by atoms with E-state index in [1.807, 2.05) is 286 Å². The zero-order valence-corrected chi connectivity index (χ0v) is 66.3. The second-order valence-corrected chi connectivity index (χ2v) is 27.2. The number of benzene rings is 10.